The molecular weight excluding hydrogens is 902 g/mol. The standard InChI is InChI=1S/C54H52N3O.Pt/c1-52(2,3)40-24-22-35(23-25-40)37-28-29-55-46(33-37)39-30-38(31-42(32-39)54(7,8)9)43-19-15-20-48-50(43)56-51(44-18-13-14-21-49(44)58)57(48)47-27-26-41(53(4,5)6)34-45(47)36-16-11-10-12-17-36;/h10-29,31-34,58H,1-9H3;/q-1;/i1D3,2D3,3D3;. The second-order valence-electron chi connectivity index (χ2n) is 17.0. The summed E-state index contributed by atoms with van der Waals surface area (Å²) in [6, 6.07) is 47.3. The minimum atomic E-state index is -3.36. The Labute approximate surface area is 377 Å². The van der Waals surface area contributed by atoms with Gasteiger partial charge in [0.05, 0.1) is 22.3 Å². The zero-order valence-corrected chi connectivity index (χ0v) is 36.2. The van der Waals surface area contributed by atoms with Crippen molar-refractivity contribution in [3.8, 4) is 67.5 Å². The van der Waals surface area contributed by atoms with Crippen LogP contribution in [0.1, 0.15) is 91.1 Å². The van der Waals surface area contributed by atoms with Gasteiger partial charge >= 0.3 is 0 Å². The van der Waals surface area contributed by atoms with E-state index in [1.54, 1.807) is 36.5 Å². The fourth-order valence-electron chi connectivity index (χ4n) is 7.41. The van der Waals surface area contributed by atoms with E-state index in [1.807, 2.05) is 54.6 Å². The van der Waals surface area contributed by atoms with Gasteiger partial charge in [-0.15, -0.1) is 29.3 Å². The summed E-state index contributed by atoms with van der Waals surface area (Å²) in [5, 5.41) is 11.4. The number of fused-ring (bicyclic) bond motifs is 1. The molecule has 1 N–H and O–H groups in total. The van der Waals surface area contributed by atoms with Crippen LogP contribution in [0, 0.1) is 6.07 Å². The van der Waals surface area contributed by atoms with Gasteiger partial charge in [-0.1, -0.05) is 164 Å². The van der Waals surface area contributed by atoms with E-state index in [0.29, 0.717) is 39.3 Å². The molecule has 6 aromatic carbocycles. The van der Waals surface area contributed by atoms with Crippen LogP contribution < -0.4 is 0 Å². The molecule has 0 amide bonds. The number of nitrogens with zero attached hydrogens (tertiary/aromatic N) is 3. The Kier molecular flexibility index (Phi) is 8.44. The average Bonchev–Trinajstić information content (AvgIpc) is 3.64. The number of phenols is 1. The SMILES string of the molecule is [2H]C([2H])([2H])C(c1ccc(-c2ccnc(-c3[c-]c(-c4cccc5c4nc(-c4ccccc4O)n5-c4ccc(C(C)(C)C)cc4-c4ccccc4)cc(C(C)(C)C)c3)c2)cc1)(C([2H])([2H])[2H])C([2H])([2H])[2H].[Pt]. The maximum absolute atomic E-state index is 11.4. The second kappa shape index (κ2) is 15.9. The minimum absolute atomic E-state index is 0. The van der Waals surface area contributed by atoms with Gasteiger partial charge in [0.25, 0.3) is 0 Å². The van der Waals surface area contributed by atoms with Gasteiger partial charge in [-0.25, -0.2) is 4.98 Å². The van der Waals surface area contributed by atoms with Crippen LogP contribution in [-0.2, 0) is 37.3 Å². The molecule has 2 aromatic heterocycles. The van der Waals surface area contributed by atoms with E-state index < -0.39 is 26.0 Å². The molecular formula is C54H52N3OPt-. The van der Waals surface area contributed by atoms with Crippen LogP contribution in [0.3, 0.4) is 0 Å². The number of hydrogen-bond acceptors (Lipinski definition) is 3. The average molecular weight is 963 g/mol. The molecule has 4 nitrogen and oxygen atoms in total. The Hall–Kier alpha value is -5.57. The topological polar surface area (TPSA) is 50.9 Å². The first-order chi connectivity index (χ1) is 31.3. The van der Waals surface area contributed by atoms with Crippen molar-refractivity contribution in [2.45, 2.75) is 78.3 Å². The number of aromatic nitrogens is 3. The van der Waals surface area contributed by atoms with E-state index in [2.05, 4.69) is 94.6 Å². The Morgan fingerprint density at radius 1 is 0.559 bits per heavy atom. The van der Waals surface area contributed by atoms with Crippen LogP contribution in [0.15, 0.2) is 146 Å². The van der Waals surface area contributed by atoms with Gasteiger partial charge in [0.1, 0.15) is 11.6 Å². The molecule has 0 aliphatic carbocycles. The van der Waals surface area contributed by atoms with E-state index in [4.69, 9.17) is 22.3 Å². The quantitative estimate of drug-likeness (QED) is 0.169. The van der Waals surface area contributed by atoms with Gasteiger partial charge in [-0.2, -0.15) is 0 Å². The van der Waals surface area contributed by atoms with Gasteiger partial charge in [0.2, 0.25) is 0 Å². The maximum Gasteiger partial charge on any atom is 0.148 e. The molecule has 0 aliphatic rings. The molecule has 0 aliphatic heterocycles. The molecule has 0 bridgehead atoms. The summed E-state index contributed by atoms with van der Waals surface area (Å²) >= 11 is 0. The normalized spacial score (nSPS) is 15.0. The molecule has 0 radical (unpaired) electrons. The Balaban J connectivity index is 0.00000684. The van der Waals surface area contributed by atoms with Crippen molar-refractivity contribution in [3.63, 3.8) is 0 Å². The number of rotatable bonds is 6. The van der Waals surface area contributed by atoms with Crippen LogP contribution in [0.25, 0.3) is 72.7 Å². The van der Waals surface area contributed by atoms with Crippen molar-refractivity contribution >= 4 is 11.0 Å². The summed E-state index contributed by atoms with van der Waals surface area (Å²) in [6.07, 6.45) is 1.66. The Morgan fingerprint density at radius 2 is 1.22 bits per heavy atom. The summed E-state index contributed by atoms with van der Waals surface area (Å²) in [7, 11) is 0. The summed E-state index contributed by atoms with van der Waals surface area (Å²) in [5.41, 5.74) is 7.62. The fraction of sp³-hybridized carbons (Fsp3) is 0.222. The molecule has 8 aromatic rings. The number of aromatic hydroxyl groups is 1. The second-order valence-corrected chi connectivity index (χ2v) is 17.0. The third-order valence-corrected chi connectivity index (χ3v) is 10.7. The molecule has 0 fully saturated rings. The van der Waals surface area contributed by atoms with Crippen LogP contribution in [-0.4, -0.2) is 19.6 Å². The van der Waals surface area contributed by atoms with E-state index in [0.717, 1.165) is 39.0 Å². The molecule has 0 saturated carbocycles. The van der Waals surface area contributed by atoms with Crippen molar-refractivity contribution in [2.24, 2.45) is 0 Å². The first-order valence-corrected chi connectivity index (χ1v) is 19.5. The summed E-state index contributed by atoms with van der Waals surface area (Å²) in [4.78, 5) is 10.2. The summed E-state index contributed by atoms with van der Waals surface area (Å²) in [6.45, 7) is 2.91. The monoisotopic (exact) mass is 962 g/mol. The maximum atomic E-state index is 11.4. The van der Waals surface area contributed by atoms with Crippen molar-refractivity contribution in [2.75, 3.05) is 0 Å². The zero-order valence-electron chi connectivity index (χ0n) is 43.0. The molecule has 5 heteroatoms. The van der Waals surface area contributed by atoms with E-state index >= 15 is 0 Å². The Morgan fingerprint density at radius 3 is 1.92 bits per heavy atom. The Bertz CT molecular complexity index is 3090. The predicted octanol–water partition coefficient (Wildman–Crippen LogP) is 14.2. The molecule has 59 heavy (non-hydrogen) atoms. The molecule has 0 unspecified atom stereocenters. The van der Waals surface area contributed by atoms with Gasteiger partial charge in [-0.3, -0.25) is 9.55 Å². The van der Waals surface area contributed by atoms with Crippen molar-refractivity contribution < 1.29 is 38.5 Å². The number of hydrogen-bond donors (Lipinski definition) is 1. The van der Waals surface area contributed by atoms with Crippen LogP contribution in [0.2, 0.25) is 0 Å². The number of pyridine rings is 1. The van der Waals surface area contributed by atoms with Crippen LogP contribution in [0.5, 0.6) is 5.75 Å². The molecule has 300 valence electrons. The minimum Gasteiger partial charge on any atom is -0.507 e. The fourth-order valence-corrected chi connectivity index (χ4v) is 7.41. The smallest absolute Gasteiger partial charge is 0.148 e. The largest absolute Gasteiger partial charge is 0.507 e. The van der Waals surface area contributed by atoms with Gasteiger partial charge in [-0.05, 0) is 80.5 Å². The molecule has 8 rings (SSSR count). The molecule has 0 spiro atoms. The number of para-hydroxylation sites is 2. The first kappa shape index (κ1) is 31.4. The number of benzene rings is 6. The van der Waals surface area contributed by atoms with E-state index in [9.17, 15) is 5.11 Å². The molecule has 0 atom stereocenters. The third-order valence-electron chi connectivity index (χ3n) is 10.7. The van der Waals surface area contributed by atoms with Gasteiger partial charge in [0, 0.05) is 50.9 Å². The molecule has 2 heterocycles. The van der Waals surface area contributed by atoms with Crippen LogP contribution in [0.4, 0.5) is 0 Å². The third kappa shape index (κ3) is 8.34. The number of imidazole rings is 1. The van der Waals surface area contributed by atoms with Crippen molar-refractivity contribution in [1.29, 1.82) is 0 Å². The zero-order chi connectivity index (χ0) is 48.5. The predicted molar refractivity (Wildman–Crippen MR) is 243 cm³/mol. The molecule has 0 saturated heterocycles. The van der Waals surface area contributed by atoms with Crippen LogP contribution >= 0.6 is 0 Å². The summed E-state index contributed by atoms with van der Waals surface area (Å²) < 4.78 is 75.6. The van der Waals surface area contributed by atoms with Crippen molar-refractivity contribution in [1.82, 2.24) is 14.5 Å². The van der Waals surface area contributed by atoms with E-state index in [1.165, 1.54) is 17.7 Å². The van der Waals surface area contributed by atoms with Crippen molar-refractivity contribution in [3.05, 3.63) is 168 Å². The first-order valence-electron chi connectivity index (χ1n) is 24.0. The van der Waals surface area contributed by atoms with Gasteiger partial charge in [0.15, 0.2) is 0 Å². The summed E-state index contributed by atoms with van der Waals surface area (Å²) in [5.74, 6) is 0.672. The number of phenolic OH excluding ortho intramolecular Hbond substituents is 1. The van der Waals surface area contributed by atoms with Gasteiger partial charge < -0.3 is 5.11 Å². The van der Waals surface area contributed by atoms with E-state index in [-0.39, 0.29) is 43.2 Å².